The Morgan fingerprint density at radius 3 is 2.25 bits per heavy atom. The summed E-state index contributed by atoms with van der Waals surface area (Å²) in [4.78, 5) is 4.47. The van der Waals surface area contributed by atoms with Gasteiger partial charge in [0, 0.05) is 35.1 Å². The van der Waals surface area contributed by atoms with Crippen molar-refractivity contribution in [3.05, 3.63) is 48.2 Å². The average Bonchev–Trinajstić information content (AvgIpc) is 2.61. The lowest BCUT2D eigenvalue weighted by atomic mass is 10.1. The minimum Gasteiger partial charge on any atom is -0.493 e. The average molecular weight is 324 g/mol. The summed E-state index contributed by atoms with van der Waals surface area (Å²) in [5.74, 6) is 1.78. The second-order valence-corrected chi connectivity index (χ2v) is 5.37. The number of anilines is 2. The van der Waals surface area contributed by atoms with E-state index in [1.165, 1.54) is 0 Å². The Bertz CT molecular complexity index is 853. The molecule has 3 aromatic rings. The topological polar surface area (TPSA) is 52.6 Å². The lowest BCUT2D eigenvalue weighted by Gasteiger charge is -2.16. The summed E-state index contributed by atoms with van der Waals surface area (Å²) < 4.78 is 16.2. The van der Waals surface area contributed by atoms with Crippen LogP contribution >= 0.6 is 0 Å². The summed E-state index contributed by atoms with van der Waals surface area (Å²) in [6.45, 7) is 2.05. The Labute approximate surface area is 141 Å². The van der Waals surface area contributed by atoms with Gasteiger partial charge in [-0.1, -0.05) is 18.2 Å². The molecule has 0 unspecified atom stereocenters. The summed E-state index contributed by atoms with van der Waals surface area (Å²) in [7, 11) is 4.80. The summed E-state index contributed by atoms with van der Waals surface area (Å²) in [5, 5.41) is 4.48. The van der Waals surface area contributed by atoms with Crippen LogP contribution in [-0.4, -0.2) is 26.3 Å². The molecule has 0 spiro atoms. The van der Waals surface area contributed by atoms with E-state index < -0.39 is 0 Å². The first-order valence-corrected chi connectivity index (χ1v) is 7.59. The molecule has 3 rings (SSSR count). The van der Waals surface area contributed by atoms with Gasteiger partial charge < -0.3 is 19.5 Å². The van der Waals surface area contributed by atoms with Crippen LogP contribution in [0.15, 0.2) is 42.6 Å². The first-order chi connectivity index (χ1) is 11.7. The van der Waals surface area contributed by atoms with Crippen LogP contribution in [0.5, 0.6) is 17.2 Å². The third-order valence-corrected chi connectivity index (χ3v) is 3.92. The van der Waals surface area contributed by atoms with Gasteiger partial charge in [0.05, 0.1) is 26.8 Å². The van der Waals surface area contributed by atoms with Crippen molar-refractivity contribution in [3.8, 4) is 17.2 Å². The minimum absolute atomic E-state index is 0.570. The Morgan fingerprint density at radius 1 is 0.917 bits per heavy atom. The van der Waals surface area contributed by atoms with Crippen molar-refractivity contribution in [1.82, 2.24) is 4.98 Å². The van der Waals surface area contributed by atoms with Gasteiger partial charge in [0.2, 0.25) is 5.75 Å². The zero-order valence-corrected chi connectivity index (χ0v) is 14.2. The standard InChI is InChI=1S/C19H20N2O3/c1-12-6-5-7-14-15(8-9-20-18(12)14)21-13-10-16(22-2)19(24-4)17(11-13)23-3/h5-11H,1-4H3,(H,20,21). The lowest BCUT2D eigenvalue weighted by molar-refractivity contribution is 0.324. The van der Waals surface area contributed by atoms with Crippen molar-refractivity contribution in [2.24, 2.45) is 0 Å². The molecule has 0 atom stereocenters. The van der Waals surface area contributed by atoms with Crippen molar-refractivity contribution in [3.63, 3.8) is 0 Å². The number of hydrogen-bond acceptors (Lipinski definition) is 5. The predicted molar refractivity (Wildman–Crippen MR) is 95.9 cm³/mol. The molecular weight excluding hydrogens is 304 g/mol. The number of rotatable bonds is 5. The van der Waals surface area contributed by atoms with E-state index >= 15 is 0 Å². The van der Waals surface area contributed by atoms with E-state index in [1.807, 2.05) is 24.3 Å². The minimum atomic E-state index is 0.570. The number of hydrogen-bond donors (Lipinski definition) is 1. The molecule has 0 fully saturated rings. The first kappa shape index (κ1) is 15.9. The maximum absolute atomic E-state index is 5.41. The van der Waals surface area contributed by atoms with Gasteiger partial charge in [0.25, 0.3) is 0 Å². The summed E-state index contributed by atoms with van der Waals surface area (Å²) in [6.07, 6.45) is 1.80. The quantitative estimate of drug-likeness (QED) is 0.758. The first-order valence-electron chi connectivity index (χ1n) is 7.59. The van der Waals surface area contributed by atoms with Crippen molar-refractivity contribution in [1.29, 1.82) is 0 Å². The molecule has 5 nitrogen and oxygen atoms in total. The van der Waals surface area contributed by atoms with E-state index in [2.05, 4.69) is 29.4 Å². The Balaban J connectivity index is 2.07. The maximum atomic E-state index is 5.41. The number of nitrogens with one attached hydrogen (secondary N) is 1. The van der Waals surface area contributed by atoms with Gasteiger partial charge in [-0.15, -0.1) is 0 Å². The molecule has 1 N–H and O–H groups in total. The zero-order valence-electron chi connectivity index (χ0n) is 14.2. The van der Waals surface area contributed by atoms with Gasteiger partial charge in [-0.25, -0.2) is 0 Å². The highest BCUT2D eigenvalue weighted by Gasteiger charge is 2.14. The maximum Gasteiger partial charge on any atom is 0.203 e. The van der Waals surface area contributed by atoms with Crippen LogP contribution in [0.3, 0.4) is 0 Å². The highest BCUT2D eigenvalue weighted by Crippen LogP contribution is 2.41. The van der Waals surface area contributed by atoms with Gasteiger partial charge in [0.1, 0.15) is 0 Å². The number of benzene rings is 2. The zero-order chi connectivity index (χ0) is 17.1. The number of ether oxygens (including phenoxy) is 3. The third kappa shape index (κ3) is 2.80. The normalized spacial score (nSPS) is 10.5. The van der Waals surface area contributed by atoms with Crippen LogP contribution < -0.4 is 19.5 Å². The molecule has 0 aliphatic carbocycles. The van der Waals surface area contributed by atoms with Gasteiger partial charge in [0.15, 0.2) is 11.5 Å². The predicted octanol–water partition coefficient (Wildman–Crippen LogP) is 4.31. The lowest BCUT2D eigenvalue weighted by Crippen LogP contribution is -1.98. The molecule has 0 aliphatic rings. The van der Waals surface area contributed by atoms with E-state index in [0.29, 0.717) is 17.2 Å². The van der Waals surface area contributed by atoms with E-state index in [-0.39, 0.29) is 0 Å². The van der Waals surface area contributed by atoms with Crippen LogP contribution in [0.25, 0.3) is 10.9 Å². The Morgan fingerprint density at radius 2 is 1.62 bits per heavy atom. The van der Waals surface area contributed by atoms with Crippen molar-refractivity contribution >= 4 is 22.3 Å². The second kappa shape index (κ2) is 6.66. The Kier molecular flexibility index (Phi) is 4.42. The molecule has 2 aromatic carbocycles. The van der Waals surface area contributed by atoms with E-state index in [1.54, 1.807) is 27.5 Å². The number of aryl methyl sites for hydroxylation is 1. The number of pyridine rings is 1. The number of para-hydroxylation sites is 1. The van der Waals surface area contributed by atoms with Crippen molar-refractivity contribution in [2.75, 3.05) is 26.6 Å². The van der Waals surface area contributed by atoms with Crippen molar-refractivity contribution in [2.45, 2.75) is 6.92 Å². The van der Waals surface area contributed by atoms with E-state index in [0.717, 1.165) is 27.8 Å². The van der Waals surface area contributed by atoms with Crippen LogP contribution in [0.2, 0.25) is 0 Å². The molecule has 0 aliphatic heterocycles. The van der Waals surface area contributed by atoms with Gasteiger partial charge >= 0.3 is 0 Å². The summed E-state index contributed by atoms with van der Waals surface area (Å²) >= 11 is 0. The molecule has 0 saturated heterocycles. The molecular formula is C19H20N2O3. The molecule has 0 saturated carbocycles. The number of aromatic nitrogens is 1. The third-order valence-electron chi connectivity index (χ3n) is 3.92. The van der Waals surface area contributed by atoms with Gasteiger partial charge in [-0.2, -0.15) is 0 Å². The summed E-state index contributed by atoms with van der Waals surface area (Å²) in [5.41, 5.74) is 3.94. The molecule has 1 heterocycles. The van der Waals surface area contributed by atoms with Crippen LogP contribution in [0, 0.1) is 6.92 Å². The second-order valence-electron chi connectivity index (χ2n) is 5.37. The highest BCUT2D eigenvalue weighted by molar-refractivity contribution is 5.94. The molecule has 1 aromatic heterocycles. The number of methoxy groups -OCH3 is 3. The molecule has 0 radical (unpaired) electrons. The van der Waals surface area contributed by atoms with Crippen LogP contribution in [0.4, 0.5) is 11.4 Å². The van der Waals surface area contributed by atoms with Crippen LogP contribution in [0.1, 0.15) is 5.56 Å². The highest BCUT2D eigenvalue weighted by atomic mass is 16.5. The fourth-order valence-electron chi connectivity index (χ4n) is 2.74. The molecule has 5 heteroatoms. The van der Waals surface area contributed by atoms with Crippen LogP contribution in [-0.2, 0) is 0 Å². The largest absolute Gasteiger partial charge is 0.493 e. The molecule has 24 heavy (non-hydrogen) atoms. The SMILES string of the molecule is COc1cc(Nc2ccnc3c(C)cccc23)cc(OC)c1OC. The number of fused-ring (bicyclic) bond motifs is 1. The molecule has 0 bridgehead atoms. The molecule has 0 amide bonds. The monoisotopic (exact) mass is 324 g/mol. The number of nitrogens with zero attached hydrogens (tertiary/aromatic N) is 1. The van der Waals surface area contributed by atoms with E-state index in [4.69, 9.17) is 14.2 Å². The smallest absolute Gasteiger partial charge is 0.203 e. The van der Waals surface area contributed by atoms with E-state index in [9.17, 15) is 0 Å². The summed E-state index contributed by atoms with van der Waals surface area (Å²) in [6, 6.07) is 11.8. The van der Waals surface area contributed by atoms with Gasteiger partial charge in [-0.3, -0.25) is 4.98 Å². The fourth-order valence-corrected chi connectivity index (χ4v) is 2.74. The van der Waals surface area contributed by atoms with Gasteiger partial charge in [-0.05, 0) is 18.6 Å². The fraction of sp³-hybridized carbons (Fsp3) is 0.211. The van der Waals surface area contributed by atoms with Crippen molar-refractivity contribution < 1.29 is 14.2 Å². The Hall–Kier alpha value is -2.95. The molecule has 124 valence electrons.